The molecule has 0 amide bonds. The molecular weight excluding hydrogens is 204 g/mol. The Balaban J connectivity index is 2.80. The Kier molecular flexibility index (Phi) is 2.22. The summed E-state index contributed by atoms with van der Waals surface area (Å²) in [5.41, 5.74) is 2.06. The molecule has 2 rings (SSSR count). The number of aromatic nitrogens is 2. The molecule has 0 radical (unpaired) electrons. The number of nitrogens with one attached hydrogen (secondary N) is 1. The molecule has 0 aliphatic rings. The Morgan fingerprint density at radius 2 is 2.31 bits per heavy atom. The summed E-state index contributed by atoms with van der Waals surface area (Å²) in [5.74, 6) is 0. The van der Waals surface area contributed by atoms with Crippen molar-refractivity contribution in [1.29, 1.82) is 0 Å². The third-order valence-electron chi connectivity index (χ3n) is 1.95. The van der Waals surface area contributed by atoms with E-state index in [1.807, 2.05) is 13.0 Å². The molecule has 2 heterocycles. The van der Waals surface area contributed by atoms with Gasteiger partial charge in [-0.1, -0.05) is 11.6 Å². The number of fused-ring (bicyclic) bond motifs is 1. The second kappa shape index (κ2) is 3.24. The first-order valence-corrected chi connectivity index (χ1v) is 5.50. The van der Waals surface area contributed by atoms with Gasteiger partial charge in [-0.2, -0.15) is 0 Å². The fourth-order valence-electron chi connectivity index (χ4n) is 1.41. The number of hydrogen-bond donors (Lipinski definition) is 1. The predicted molar refractivity (Wildman–Crippen MR) is 57.6 cm³/mol. The predicted octanol–water partition coefficient (Wildman–Crippen LogP) is 3.25. The molecule has 0 saturated carbocycles. The zero-order valence-electron chi connectivity index (χ0n) is 7.39. The molecule has 2 nitrogen and oxygen atoms in total. The quantitative estimate of drug-likeness (QED) is 0.736. The number of aryl methyl sites for hydroxylation is 1. The molecule has 0 bridgehead atoms. The summed E-state index contributed by atoms with van der Waals surface area (Å²) in [6.07, 6.45) is 3.71. The molecule has 0 saturated heterocycles. The maximum atomic E-state index is 5.87. The van der Waals surface area contributed by atoms with Crippen LogP contribution >= 0.6 is 23.4 Å². The molecule has 68 valence electrons. The Bertz CT molecular complexity index is 450. The van der Waals surface area contributed by atoms with Gasteiger partial charge in [0.25, 0.3) is 0 Å². The van der Waals surface area contributed by atoms with Gasteiger partial charge in [-0.15, -0.1) is 11.8 Å². The zero-order chi connectivity index (χ0) is 9.42. The molecule has 0 aliphatic carbocycles. The summed E-state index contributed by atoms with van der Waals surface area (Å²) in [7, 11) is 0. The lowest BCUT2D eigenvalue weighted by Crippen LogP contribution is -1.74. The third-order valence-corrected chi connectivity index (χ3v) is 3.09. The van der Waals surface area contributed by atoms with Gasteiger partial charge in [0.2, 0.25) is 0 Å². The summed E-state index contributed by atoms with van der Waals surface area (Å²) < 4.78 is 0. The fraction of sp³-hybridized carbons (Fsp3) is 0.222. The van der Waals surface area contributed by atoms with Crippen LogP contribution in [0.15, 0.2) is 17.2 Å². The molecule has 0 aromatic carbocycles. The van der Waals surface area contributed by atoms with Gasteiger partial charge in [-0.25, -0.2) is 4.98 Å². The Labute approximate surface area is 85.7 Å². The average Bonchev–Trinajstić information content (AvgIpc) is 2.40. The first kappa shape index (κ1) is 8.91. The molecular formula is C9H9ClN2S. The van der Waals surface area contributed by atoms with Crippen LogP contribution in [0.2, 0.25) is 5.02 Å². The molecule has 1 N–H and O–H groups in total. The van der Waals surface area contributed by atoms with Crippen molar-refractivity contribution in [2.75, 3.05) is 6.26 Å². The van der Waals surface area contributed by atoms with Gasteiger partial charge in [0.15, 0.2) is 0 Å². The van der Waals surface area contributed by atoms with Crippen LogP contribution in [0.3, 0.4) is 0 Å². The minimum absolute atomic E-state index is 0.682. The monoisotopic (exact) mass is 212 g/mol. The second-order valence-corrected chi connectivity index (χ2v) is 4.09. The molecule has 0 aliphatic heterocycles. The van der Waals surface area contributed by atoms with E-state index in [0.717, 1.165) is 16.7 Å². The smallest absolute Gasteiger partial charge is 0.138 e. The average molecular weight is 213 g/mol. The van der Waals surface area contributed by atoms with Crippen LogP contribution in [0.1, 0.15) is 5.69 Å². The number of aromatic amines is 1. The first-order valence-electron chi connectivity index (χ1n) is 3.90. The fourth-order valence-corrected chi connectivity index (χ4v) is 2.30. The summed E-state index contributed by atoms with van der Waals surface area (Å²) in [4.78, 5) is 8.65. The summed E-state index contributed by atoms with van der Waals surface area (Å²) in [6, 6.07) is 1.94. The number of pyridine rings is 1. The van der Waals surface area contributed by atoms with Gasteiger partial charge in [0.1, 0.15) is 5.65 Å². The lowest BCUT2D eigenvalue weighted by molar-refractivity contribution is 1.21. The Morgan fingerprint density at radius 1 is 1.54 bits per heavy atom. The van der Waals surface area contributed by atoms with Crippen LogP contribution in [-0.4, -0.2) is 16.2 Å². The van der Waals surface area contributed by atoms with Gasteiger partial charge in [-0.3, -0.25) is 0 Å². The summed E-state index contributed by atoms with van der Waals surface area (Å²) >= 11 is 7.58. The molecule has 2 aromatic rings. The van der Waals surface area contributed by atoms with Crippen LogP contribution in [0, 0.1) is 6.92 Å². The van der Waals surface area contributed by atoms with E-state index in [-0.39, 0.29) is 0 Å². The van der Waals surface area contributed by atoms with Crippen LogP contribution in [0.25, 0.3) is 11.0 Å². The third kappa shape index (κ3) is 1.42. The minimum atomic E-state index is 0.682. The highest BCUT2D eigenvalue weighted by atomic mass is 35.5. The largest absolute Gasteiger partial charge is 0.342 e. The van der Waals surface area contributed by atoms with E-state index >= 15 is 0 Å². The van der Waals surface area contributed by atoms with E-state index in [4.69, 9.17) is 11.6 Å². The molecule has 0 atom stereocenters. The van der Waals surface area contributed by atoms with Gasteiger partial charge in [0.05, 0.1) is 5.02 Å². The van der Waals surface area contributed by atoms with E-state index in [0.29, 0.717) is 5.02 Å². The number of rotatable bonds is 1. The number of thioether (sulfide) groups is 1. The lowest BCUT2D eigenvalue weighted by atomic mass is 10.3. The molecule has 0 unspecified atom stereocenters. The van der Waals surface area contributed by atoms with Crippen molar-refractivity contribution in [2.45, 2.75) is 11.8 Å². The van der Waals surface area contributed by atoms with Crippen LogP contribution in [0.5, 0.6) is 0 Å². The molecule has 2 aromatic heterocycles. The van der Waals surface area contributed by atoms with Crippen molar-refractivity contribution in [1.82, 2.24) is 9.97 Å². The van der Waals surface area contributed by atoms with Crippen molar-refractivity contribution in [3.8, 4) is 0 Å². The van der Waals surface area contributed by atoms with E-state index < -0.39 is 0 Å². The number of halogens is 1. The SMILES string of the molecule is CSc1c(C)[nH]c2ncc(Cl)cc12. The summed E-state index contributed by atoms with van der Waals surface area (Å²) in [6.45, 7) is 2.04. The normalized spacial score (nSPS) is 11.0. The van der Waals surface area contributed by atoms with Crippen molar-refractivity contribution < 1.29 is 0 Å². The second-order valence-electron chi connectivity index (χ2n) is 2.83. The van der Waals surface area contributed by atoms with Gasteiger partial charge in [0, 0.05) is 22.2 Å². The Morgan fingerprint density at radius 3 is 3.00 bits per heavy atom. The highest BCUT2D eigenvalue weighted by molar-refractivity contribution is 7.98. The lowest BCUT2D eigenvalue weighted by Gasteiger charge is -1.94. The van der Waals surface area contributed by atoms with Crippen molar-refractivity contribution in [2.24, 2.45) is 0 Å². The molecule has 4 heteroatoms. The molecule has 0 spiro atoms. The summed E-state index contributed by atoms with van der Waals surface area (Å²) in [5, 5.41) is 1.79. The highest BCUT2D eigenvalue weighted by Gasteiger charge is 2.07. The van der Waals surface area contributed by atoms with Crippen molar-refractivity contribution in [3.63, 3.8) is 0 Å². The van der Waals surface area contributed by atoms with Gasteiger partial charge < -0.3 is 4.98 Å². The number of H-pyrrole nitrogens is 1. The number of nitrogens with zero attached hydrogens (tertiary/aromatic N) is 1. The van der Waals surface area contributed by atoms with Gasteiger partial charge in [-0.05, 0) is 19.2 Å². The van der Waals surface area contributed by atoms with Crippen molar-refractivity contribution in [3.05, 3.63) is 23.0 Å². The van der Waals surface area contributed by atoms with E-state index in [1.165, 1.54) is 4.90 Å². The zero-order valence-corrected chi connectivity index (χ0v) is 8.96. The minimum Gasteiger partial charge on any atom is -0.342 e. The van der Waals surface area contributed by atoms with Crippen LogP contribution in [0.4, 0.5) is 0 Å². The van der Waals surface area contributed by atoms with Gasteiger partial charge >= 0.3 is 0 Å². The standard InChI is InChI=1S/C9H9ClN2S/c1-5-8(13-2)7-3-6(10)4-11-9(7)12-5/h3-4H,1-2H3,(H,11,12). The molecule has 13 heavy (non-hydrogen) atoms. The highest BCUT2D eigenvalue weighted by Crippen LogP contribution is 2.30. The molecule has 0 fully saturated rings. The Hall–Kier alpha value is -0.670. The van der Waals surface area contributed by atoms with E-state index in [9.17, 15) is 0 Å². The maximum absolute atomic E-state index is 5.87. The topological polar surface area (TPSA) is 28.7 Å². The van der Waals surface area contributed by atoms with Crippen molar-refractivity contribution >= 4 is 34.4 Å². The van der Waals surface area contributed by atoms with E-state index in [1.54, 1.807) is 18.0 Å². The van der Waals surface area contributed by atoms with Crippen LogP contribution in [-0.2, 0) is 0 Å². The first-order chi connectivity index (χ1) is 6.22. The van der Waals surface area contributed by atoms with E-state index in [2.05, 4.69) is 16.2 Å². The number of hydrogen-bond acceptors (Lipinski definition) is 2. The maximum Gasteiger partial charge on any atom is 0.138 e. The van der Waals surface area contributed by atoms with Crippen LogP contribution < -0.4 is 0 Å².